The summed E-state index contributed by atoms with van der Waals surface area (Å²) in [5, 5.41) is 15.2. The van der Waals surface area contributed by atoms with E-state index in [0.717, 1.165) is 11.1 Å². The van der Waals surface area contributed by atoms with Crippen LogP contribution in [0.25, 0.3) is 28.0 Å². The zero-order chi connectivity index (χ0) is 17.6. The first-order valence-electron chi connectivity index (χ1n) is 7.47. The average Bonchev–Trinajstić information content (AvgIpc) is 2.99. The lowest BCUT2D eigenvalue weighted by atomic mass is 10.1. The van der Waals surface area contributed by atoms with Crippen LogP contribution in [0.5, 0.6) is 5.75 Å². The number of hydrogen-bond donors (Lipinski definition) is 1. The molecule has 124 valence electrons. The first-order valence-corrected chi connectivity index (χ1v) is 7.85. The lowest BCUT2D eigenvalue weighted by Gasteiger charge is -2.06. The van der Waals surface area contributed by atoms with Crippen molar-refractivity contribution in [3.63, 3.8) is 0 Å². The number of benzene rings is 1. The van der Waals surface area contributed by atoms with Crippen LogP contribution in [-0.4, -0.2) is 19.7 Å². The fourth-order valence-corrected chi connectivity index (χ4v) is 2.87. The Morgan fingerprint density at radius 3 is 2.68 bits per heavy atom. The number of halogens is 1. The quantitative estimate of drug-likeness (QED) is 0.594. The summed E-state index contributed by atoms with van der Waals surface area (Å²) in [6.07, 6.45) is 3.21. The van der Waals surface area contributed by atoms with E-state index in [1.54, 1.807) is 37.5 Å². The van der Waals surface area contributed by atoms with Crippen LogP contribution in [0, 0.1) is 6.92 Å². The molecule has 0 atom stereocenters. The molecule has 1 N–H and O–H groups in total. The Morgan fingerprint density at radius 1 is 1.20 bits per heavy atom. The second-order valence-corrected chi connectivity index (χ2v) is 5.97. The highest BCUT2D eigenvalue weighted by atomic mass is 35.5. The molecule has 4 aromatic rings. The summed E-state index contributed by atoms with van der Waals surface area (Å²) >= 11 is 5.93. The molecule has 0 saturated heterocycles. The van der Waals surface area contributed by atoms with Gasteiger partial charge >= 0.3 is 5.63 Å². The van der Waals surface area contributed by atoms with E-state index < -0.39 is 5.63 Å². The van der Waals surface area contributed by atoms with Crippen molar-refractivity contribution in [3.8, 4) is 28.1 Å². The van der Waals surface area contributed by atoms with E-state index in [1.807, 2.05) is 12.1 Å². The lowest BCUT2D eigenvalue weighted by molar-refractivity contribution is 0.437. The maximum atomic E-state index is 12.2. The number of nitrogens with zero attached hydrogens (tertiary/aromatic N) is 3. The predicted octanol–water partition coefficient (Wildman–Crippen LogP) is 3.68. The third-order valence-corrected chi connectivity index (χ3v) is 4.12. The maximum absolute atomic E-state index is 12.2. The van der Waals surface area contributed by atoms with Gasteiger partial charge in [0.1, 0.15) is 17.1 Å². The molecule has 0 aliphatic heterocycles. The molecule has 0 aliphatic carbocycles. The van der Waals surface area contributed by atoms with Gasteiger partial charge in [0.25, 0.3) is 0 Å². The molecule has 0 saturated carbocycles. The topological polar surface area (TPSA) is 80.6 Å². The zero-order valence-corrected chi connectivity index (χ0v) is 13.9. The van der Waals surface area contributed by atoms with Gasteiger partial charge in [0.2, 0.25) is 0 Å². The predicted molar refractivity (Wildman–Crippen MR) is 93.8 cm³/mol. The number of fused-ring (bicyclic) bond motifs is 1. The minimum absolute atomic E-state index is 0.0451. The van der Waals surface area contributed by atoms with E-state index in [-0.39, 0.29) is 11.3 Å². The summed E-state index contributed by atoms with van der Waals surface area (Å²) in [6.45, 7) is 1.60. The van der Waals surface area contributed by atoms with Crippen molar-refractivity contribution in [2.24, 2.45) is 0 Å². The third-order valence-electron chi connectivity index (χ3n) is 3.87. The van der Waals surface area contributed by atoms with E-state index in [2.05, 4.69) is 10.1 Å². The van der Waals surface area contributed by atoms with E-state index in [4.69, 9.17) is 16.0 Å². The van der Waals surface area contributed by atoms with Crippen LogP contribution in [0.1, 0.15) is 5.76 Å². The Balaban J connectivity index is 1.97. The highest BCUT2D eigenvalue weighted by molar-refractivity contribution is 6.30. The SMILES string of the molecule is Cc1cc(O)c(-c2ccnc3c(-c4ccc(Cl)cc4)cnn23)c(=O)o1. The van der Waals surface area contributed by atoms with Crippen LogP contribution in [0.2, 0.25) is 5.02 Å². The molecule has 0 bridgehead atoms. The monoisotopic (exact) mass is 353 g/mol. The molecule has 0 aliphatic rings. The minimum atomic E-state index is -0.631. The van der Waals surface area contributed by atoms with Crippen molar-refractivity contribution < 1.29 is 9.52 Å². The van der Waals surface area contributed by atoms with Crippen LogP contribution < -0.4 is 5.63 Å². The van der Waals surface area contributed by atoms with Gasteiger partial charge in [-0.3, -0.25) is 0 Å². The van der Waals surface area contributed by atoms with E-state index in [1.165, 1.54) is 10.6 Å². The zero-order valence-electron chi connectivity index (χ0n) is 13.1. The Hall–Kier alpha value is -3.12. The number of aromatic hydroxyl groups is 1. The first-order chi connectivity index (χ1) is 12.0. The highest BCUT2D eigenvalue weighted by Crippen LogP contribution is 2.30. The molecule has 0 unspecified atom stereocenters. The van der Waals surface area contributed by atoms with Gasteiger partial charge < -0.3 is 9.52 Å². The van der Waals surface area contributed by atoms with Gasteiger partial charge in [-0.2, -0.15) is 5.10 Å². The molecule has 0 fully saturated rings. The van der Waals surface area contributed by atoms with Crippen molar-refractivity contribution >= 4 is 17.2 Å². The molecule has 0 amide bonds. The molecule has 4 rings (SSSR count). The summed E-state index contributed by atoms with van der Waals surface area (Å²) in [5.74, 6) is 0.170. The summed E-state index contributed by atoms with van der Waals surface area (Å²) in [7, 11) is 0. The smallest absolute Gasteiger partial charge is 0.349 e. The van der Waals surface area contributed by atoms with E-state index >= 15 is 0 Å². The molecule has 0 radical (unpaired) electrons. The van der Waals surface area contributed by atoms with Crippen LogP contribution in [-0.2, 0) is 0 Å². The number of rotatable bonds is 2. The normalized spacial score (nSPS) is 11.1. The summed E-state index contributed by atoms with van der Waals surface area (Å²) in [5.41, 5.74) is 2.05. The summed E-state index contributed by atoms with van der Waals surface area (Å²) in [6, 6.07) is 10.3. The van der Waals surface area contributed by atoms with Gasteiger partial charge in [-0.15, -0.1) is 0 Å². The van der Waals surface area contributed by atoms with Gasteiger partial charge in [0, 0.05) is 22.8 Å². The second kappa shape index (κ2) is 5.75. The van der Waals surface area contributed by atoms with Gasteiger partial charge in [0.15, 0.2) is 5.65 Å². The fourth-order valence-electron chi connectivity index (χ4n) is 2.75. The Morgan fingerprint density at radius 2 is 1.96 bits per heavy atom. The van der Waals surface area contributed by atoms with Gasteiger partial charge in [-0.1, -0.05) is 23.7 Å². The van der Waals surface area contributed by atoms with Gasteiger partial charge in [0.05, 0.1) is 11.9 Å². The van der Waals surface area contributed by atoms with Crippen molar-refractivity contribution in [2.75, 3.05) is 0 Å². The lowest BCUT2D eigenvalue weighted by Crippen LogP contribution is -2.08. The molecule has 3 heterocycles. The van der Waals surface area contributed by atoms with Gasteiger partial charge in [-0.05, 0) is 30.7 Å². The molecule has 25 heavy (non-hydrogen) atoms. The van der Waals surface area contributed by atoms with Crippen molar-refractivity contribution in [3.05, 3.63) is 70.0 Å². The summed E-state index contributed by atoms with van der Waals surface area (Å²) in [4.78, 5) is 16.6. The molecular weight excluding hydrogens is 342 g/mol. The molecule has 1 aromatic carbocycles. The van der Waals surface area contributed by atoms with Crippen LogP contribution in [0.15, 0.2) is 58.0 Å². The molecular formula is C18H12ClN3O3. The molecule has 0 spiro atoms. The third kappa shape index (κ3) is 2.56. The Bertz CT molecular complexity index is 1150. The standard InChI is InChI=1S/C18H12ClN3O3/c1-10-8-15(23)16(18(24)25-10)14-6-7-20-17-13(9-21-22(14)17)11-2-4-12(19)5-3-11/h2-9,23H,1H3. The summed E-state index contributed by atoms with van der Waals surface area (Å²) < 4.78 is 6.61. The number of aryl methyl sites for hydroxylation is 1. The minimum Gasteiger partial charge on any atom is -0.507 e. The molecule has 7 heteroatoms. The molecule has 6 nitrogen and oxygen atoms in total. The fraction of sp³-hybridized carbons (Fsp3) is 0.0556. The van der Waals surface area contributed by atoms with Crippen LogP contribution in [0.3, 0.4) is 0 Å². The maximum Gasteiger partial charge on any atom is 0.349 e. The molecule has 3 aromatic heterocycles. The van der Waals surface area contributed by atoms with E-state index in [0.29, 0.717) is 22.1 Å². The van der Waals surface area contributed by atoms with Crippen molar-refractivity contribution in [2.45, 2.75) is 6.92 Å². The number of hydrogen-bond acceptors (Lipinski definition) is 5. The Labute approximate surface area is 147 Å². The average molecular weight is 354 g/mol. The number of aromatic nitrogens is 3. The van der Waals surface area contributed by atoms with E-state index in [9.17, 15) is 9.90 Å². The van der Waals surface area contributed by atoms with Crippen molar-refractivity contribution in [1.82, 2.24) is 14.6 Å². The van der Waals surface area contributed by atoms with Crippen LogP contribution in [0.4, 0.5) is 0 Å². The largest absolute Gasteiger partial charge is 0.507 e. The van der Waals surface area contributed by atoms with Gasteiger partial charge in [-0.25, -0.2) is 14.3 Å². The van der Waals surface area contributed by atoms with Crippen LogP contribution >= 0.6 is 11.6 Å². The van der Waals surface area contributed by atoms with Crippen molar-refractivity contribution in [1.29, 1.82) is 0 Å². The first kappa shape index (κ1) is 15.4. The Kier molecular flexibility index (Phi) is 3.54. The second-order valence-electron chi connectivity index (χ2n) is 5.54. The highest BCUT2D eigenvalue weighted by Gasteiger charge is 2.18.